The van der Waals surface area contributed by atoms with Gasteiger partial charge in [0.1, 0.15) is 0 Å². The number of hydrogen-bond donors (Lipinski definition) is 1. The van der Waals surface area contributed by atoms with E-state index < -0.39 is 0 Å². The first-order valence-electron chi connectivity index (χ1n) is 5.58. The lowest BCUT2D eigenvalue weighted by molar-refractivity contribution is 0.413. The first-order chi connectivity index (χ1) is 7.13. The maximum Gasteiger partial charge on any atom is 0.152 e. The van der Waals surface area contributed by atoms with Crippen LogP contribution in [-0.4, -0.2) is 32.8 Å². The molecule has 0 fully saturated rings. The summed E-state index contributed by atoms with van der Waals surface area (Å²) < 4.78 is 1.74. The van der Waals surface area contributed by atoms with Crippen LogP contribution in [0, 0.1) is 5.92 Å². The van der Waals surface area contributed by atoms with E-state index in [-0.39, 0.29) is 0 Å². The molecule has 5 nitrogen and oxygen atoms in total. The van der Waals surface area contributed by atoms with E-state index in [1.807, 2.05) is 7.05 Å². The second-order valence-electron chi connectivity index (χ2n) is 4.31. The van der Waals surface area contributed by atoms with Crippen molar-refractivity contribution in [2.24, 2.45) is 13.0 Å². The van der Waals surface area contributed by atoms with Crippen LogP contribution >= 0.6 is 0 Å². The fourth-order valence-corrected chi connectivity index (χ4v) is 1.74. The summed E-state index contributed by atoms with van der Waals surface area (Å²) in [5.74, 6) is 1.64. The van der Waals surface area contributed by atoms with Crippen molar-refractivity contribution in [3.8, 4) is 0 Å². The number of likely N-dealkylation sites (N-methyl/N-ethyl adjacent to an activating group) is 1. The first-order valence-corrected chi connectivity index (χ1v) is 5.58. The van der Waals surface area contributed by atoms with Crippen LogP contribution in [0.5, 0.6) is 0 Å². The van der Waals surface area contributed by atoms with Crippen LogP contribution in [0.4, 0.5) is 0 Å². The molecule has 0 saturated carbocycles. The summed E-state index contributed by atoms with van der Waals surface area (Å²) >= 11 is 0. The molecule has 0 aromatic carbocycles. The van der Waals surface area contributed by atoms with Gasteiger partial charge in [0, 0.05) is 19.5 Å². The number of aryl methyl sites for hydroxylation is 1. The third-order valence-corrected chi connectivity index (χ3v) is 2.39. The molecule has 0 aliphatic heterocycles. The highest BCUT2D eigenvalue weighted by atomic mass is 15.5. The monoisotopic (exact) mass is 211 g/mol. The van der Waals surface area contributed by atoms with Gasteiger partial charge in [0.05, 0.1) is 0 Å². The molecule has 1 atom stereocenters. The molecule has 1 N–H and O–H groups in total. The summed E-state index contributed by atoms with van der Waals surface area (Å²) in [5, 5.41) is 15.0. The number of aromatic nitrogens is 4. The maximum atomic E-state index is 4.01. The minimum absolute atomic E-state index is 0.472. The van der Waals surface area contributed by atoms with E-state index in [4.69, 9.17) is 0 Å². The van der Waals surface area contributed by atoms with Gasteiger partial charge in [0.2, 0.25) is 0 Å². The number of rotatable bonds is 6. The average Bonchev–Trinajstić information content (AvgIpc) is 2.51. The molecule has 1 aromatic rings. The van der Waals surface area contributed by atoms with Crippen LogP contribution in [0.3, 0.4) is 0 Å². The molecule has 5 heteroatoms. The first kappa shape index (κ1) is 12.1. The number of hydrogen-bond acceptors (Lipinski definition) is 4. The molecule has 15 heavy (non-hydrogen) atoms. The predicted octanol–water partition coefficient (Wildman–Crippen LogP) is 0.777. The maximum absolute atomic E-state index is 4.01. The molecule has 0 bridgehead atoms. The minimum atomic E-state index is 0.472. The number of tetrazole rings is 1. The van der Waals surface area contributed by atoms with Crippen molar-refractivity contribution in [3.63, 3.8) is 0 Å². The van der Waals surface area contributed by atoms with Gasteiger partial charge in [-0.2, -0.15) is 0 Å². The molecule has 0 saturated heterocycles. The second kappa shape index (κ2) is 5.80. The van der Waals surface area contributed by atoms with Gasteiger partial charge in [-0.3, -0.25) is 0 Å². The van der Waals surface area contributed by atoms with E-state index in [2.05, 4.69) is 41.6 Å². The Morgan fingerprint density at radius 3 is 2.60 bits per heavy atom. The van der Waals surface area contributed by atoms with Gasteiger partial charge in [0.25, 0.3) is 0 Å². The Balaban J connectivity index is 2.54. The molecule has 0 amide bonds. The summed E-state index contributed by atoms with van der Waals surface area (Å²) in [7, 11) is 1.88. The van der Waals surface area contributed by atoms with Crippen LogP contribution in [-0.2, 0) is 13.5 Å². The quantitative estimate of drug-likeness (QED) is 0.755. The van der Waals surface area contributed by atoms with Crippen molar-refractivity contribution >= 4 is 0 Å². The Bertz CT molecular complexity index is 281. The number of nitrogens with zero attached hydrogens (tertiary/aromatic N) is 4. The van der Waals surface area contributed by atoms with Gasteiger partial charge in [-0.15, -0.1) is 5.10 Å². The lowest BCUT2D eigenvalue weighted by atomic mass is 10.0. The van der Waals surface area contributed by atoms with Crippen LogP contribution in [0.25, 0.3) is 0 Å². The summed E-state index contributed by atoms with van der Waals surface area (Å²) in [5.41, 5.74) is 0. The summed E-state index contributed by atoms with van der Waals surface area (Å²) in [6, 6.07) is 0.472. The molecular formula is C10H21N5. The van der Waals surface area contributed by atoms with E-state index in [1.165, 1.54) is 0 Å². The highest BCUT2D eigenvalue weighted by Crippen LogP contribution is 2.08. The molecule has 0 aliphatic carbocycles. The lowest BCUT2D eigenvalue weighted by Crippen LogP contribution is -2.33. The summed E-state index contributed by atoms with van der Waals surface area (Å²) in [4.78, 5) is 0. The Labute approximate surface area is 91.2 Å². The van der Waals surface area contributed by atoms with Gasteiger partial charge in [-0.05, 0) is 29.3 Å². The summed E-state index contributed by atoms with van der Waals surface area (Å²) in [6.45, 7) is 7.59. The van der Waals surface area contributed by atoms with Crippen LogP contribution < -0.4 is 5.32 Å². The smallest absolute Gasteiger partial charge is 0.152 e. The molecule has 0 radical (unpaired) electrons. The third-order valence-electron chi connectivity index (χ3n) is 2.39. The van der Waals surface area contributed by atoms with Gasteiger partial charge in [-0.25, -0.2) is 4.68 Å². The van der Waals surface area contributed by atoms with Crippen LogP contribution in [0.2, 0.25) is 0 Å². The van der Waals surface area contributed by atoms with E-state index in [9.17, 15) is 0 Å². The second-order valence-corrected chi connectivity index (χ2v) is 4.31. The molecule has 1 unspecified atom stereocenters. The van der Waals surface area contributed by atoms with E-state index in [0.29, 0.717) is 12.0 Å². The SMILES string of the molecule is CCNC(Cc1nnnn1C)CC(C)C. The summed E-state index contributed by atoms with van der Waals surface area (Å²) in [6.07, 6.45) is 2.05. The van der Waals surface area contributed by atoms with E-state index in [0.717, 1.165) is 25.2 Å². The predicted molar refractivity (Wildman–Crippen MR) is 59.4 cm³/mol. The minimum Gasteiger partial charge on any atom is -0.314 e. The molecule has 1 rings (SSSR count). The van der Waals surface area contributed by atoms with Crippen LogP contribution in [0.1, 0.15) is 33.0 Å². The van der Waals surface area contributed by atoms with Crippen molar-refractivity contribution in [1.29, 1.82) is 0 Å². The Morgan fingerprint density at radius 1 is 1.40 bits per heavy atom. The van der Waals surface area contributed by atoms with Gasteiger partial charge < -0.3 is 5.32 Å². The molecule has 0 aliphatic rings. The van der Waals surface area contributed by atoms with Crippen LogP contribution in [0.15, 0.2) is 0 Å². The Morgan fingerprint density at radius 2 is 2.13 bits per heavy atom. The van der Waals surface area contributed by atoms with Crippen molar-refractivity contribution in [2.75, 3.05) is 6.54 Å². The molecule has 0 spiro atoms. The molecule has 1 heterocycles. The fraction of sp³-hybridized carbons (Fsp3) is 0.900. The standard InChI is InChI=1S/C10H21N5/c1-5-11-9(6-8(2)3)7-10-12-13-14-15(10)4/h8-9,11H,5-7H2,1-4H3. The Kier molecular flexibility index (Phi) is 4.68. The fourth-order valence-electron chi connectivity index (χ4n) is 1.74. The molecular weight excluding hydrogens is 190 g/mol. The zero-order valence-corrected chi connectivity index (χ0v) is 10.1. The van der Waals surface area contributed by atoms with Gasteiger partial charge in [-0.1, -0.05) is 20.8 Å². The van der Waals surface area contributed by atoms with Gasteiger partial charge >= 0.3 is 0 Å². The van der Waals surface area contributed by atoms with Crippen molar-refractivity contribution < 1.29 is 0 Å². The van der Waals surface area contributed by atoms with Crippen molar-refractivity contribution in [2.45, 2.75) is 39.7 Å². The molecule has 1 aromatic heterocycles. The average molecular weight is 211 g/mol. The molecule has 86 valence electrons. The number of nitrogens with one attached hydrogen (secondary N) is 1. The zero-order chi connectivity index (χ0) is 11.3. The largest absolute Gasteiger partial charge is 0.314 e. The normalized spacial score (nSPS) is 13.4. The third kappa shape index (κ3) is 3.95. The van der Waals surface area contributed by atoms with Gasteiger partial charge in [0.15, 0.2) is 5.82 Å². The lowest BCUT2D eigenvalue weighted by Gasteiger charge is -2.18. The van der Waals surface area contributed by atoms with Crippen molar-refractivity contribution in [1.82, 2.24) is 25.5 Å². The zero-order valence-electron chi connectivity index (χ0n) is 10.1. The highest BCUT2D eigenvalue weighted by molar-refractivity contribution is 4.86. The topological polar surface area (TPSA) is 55.6 Å². The van der Waals surface area contributed by atoms with E-state index in [1.54, 1.807) is 4.68 Å². The van der Waals surface area contributed by atoms with Crippen molar-refractivity contribution in [3.05, 3.63) is 5.82 Å². The highest BCUT2D eigenvalue weighted by Gasteiger charge is 2.13. The van der Waals surface area contributed by atoms with E-state index >= 15 is 0 Å². The Hall–Kier alpha value is -0.970.